The van der Waals surface area contributed by atoms with Gasteiger partial charge in [0.1, 0.15) is 11.9 Å². The topological polar surface area (TPSA) is 84.2 Å². The first-order chi connectivity index (χ1) is 12.2. The number of carbonyl (C=O) groups is 1. The Morgan fingerprint density at radius 3 is 2.84 bits per heavy atom. The first-order valence-corrected chi connectivity index (χ1v) is 8.62. The summed E-state index contributed by atoms with van der Waals surface area (Å²) >= 11 is 0. The van der Waals surface area contributed by atoms with Crippen molar-refractivity contribution in [2.75, 3.05) is 19.6 Å². The van der Waals surface area contributed by atoms with Crippen LogP contribution < -0.4 is 5.32 Å². The average Bonchev–Trinajstić information content (AvgIpc) is 3.31. The number of hydrogen-bond donors (Lipinski definition) is 1. The predicted molar refractivity (Wildman–Crippen MR) is 87.4 cm³/mol. The lowest BCUT2D eigenvalue weighted by molar-refractivity contribution is -0.134. The Morgan fingerprint density at radius 1 is 1.32 bits per heavy atom. The highest BCUT2D eigenvalue weighted by Crippen LogP contribution is 2.29. The molecule has 0 aliphatic carbocycles. The van der Waals surface area contributed by atoms with E-state index in [4.69, 9.17) is 4.52 Å². The van der Waals surface area contributed by atoms with Crippen LogP contribution in [0.4, 0.5) is 4.39 Å². The van der Waals surface area contributed by atoms with Gasteiger partial charge in [-0.15, -0.1) is 0 Å². The van der Waals surface area contributed by atoms with Crippen LogP contribution in [0.3, 0.4) is 0 Å². The Balaban J connectivity index is 1.36. The van der Waals surface area contributed by atoms with E-state index in [0.717, 1.165) is 12.8 Å². The molecule has 2 saturated heterocycles. The number of pyridine rings is 1. The summed E-state index contributed by atoms with van der Waals surface area (Å²) in [6, 6.07) is 5.16. The highest BCUT2D eigenvalue weighted by atomic mass is 19.1. The van der Waals surface area contributed by atoms with Crippen molar-refractivity contribution in [3.05, 3.63) is 30.3 Å². The molecule has 2 aliphatic heterocycles. The van der Waals surface area contributed by atoms with Crippen molar-refractivity contribution in [3.63, 3.8) is 0 Å². The van der Waals surface area contributed by atoms with Crippen molar-refractivity contribution in [1.82, 2.24) is 25.3 Å². The Kier molecular flexibility index (Phi) is 4.44. The number of alkyl halides is 1. The van der Waals surface area contributed by atoms with E-state index in [1.54, 1.807) is 6.20 Å². The zero-order valence-electron chi connectivity index (χ0n) is 13.8. The molecule has 4 rings (SSSR count). The largest absolute Gasteiger partial charge is 0.341 e. The predicted octanol–water partition coefficient (Wildman–Crippen LogP) is 1.54. The van der Waals surface area contributed by atoms with Gasteiger partial charge in [-0.25, -0.2) is 4.39 Å². The second-order valence-electron chi connectivity index (χ2n) is 6.56. The van der Waals surface area contributed by atoms with Gasteiger partial charge in [-0.1, -0.05) is 11.2 Å². The maximum atomic E-state index is 13.3. The molecule has 0 radical (unpaired) electrons. The number of aromatic nitrogens is 3. The molecule has 2 atom stereocenters. The molecule has 0 spiro atoms. The number of carbonyl (C=O) groups excluding carboxylic acids is 1. The zero-order chi connectivity index (χ0) is 17.2. The van der Waals surface area contributed by atoms with Crippen molar-refractivity contribution in [3.8, 4) is 11.5 Å². The third kappa shape index (κ3) is 3.39. The third-order valence-electron chi connectivity index (χ3n) is 4.87. The summed E-state index contributed by atoms with van der Waals surface area (Å²) in [5.41, 5.74) is 0.679. The second-order valence-corrected chi connectivity index (χ2v) is 6.56. The van der Waals surface area contributed by atoms with E-state index >= 15 is 0 Å². The first-order valence-electron chi connectivity index (χ1n) is 8.62. The minimum atomic E-state index is -0.921. The van der Waals surface area contributed by atoms with E-state index in [1.807, 2.05) is 23.1 Å². The number of nitrogens with zero attached hydrogens (tertiary/aromatic N) is 4. The maximum absolute atomic E-state index is 13.3. The minimum Gasteiger partial charge on any atom is -0.341 e. The van der Waals surface area contributed by atoms with E-state index < -0.39 is 6.17 Å². The molecule has 0 bridgehead atoms. The van der Waals surface area contributed by atoms with Gasteiger partial charge in [0, 0.05) is 38.2 Å². The Labute approximate surface area is 144 Å². The minimum absolute atomic E-state index is 0.00157. The molecule has 7 nitrogen and oxygen atoms in total. The summed E-state index contributed by atoms with van der Waals surface area (Å²) < 4.78 is 18.7. The number of rotatable bonds is 3. The van der Waals surface area contributed by atoms with Crippen molar-refractivity contribution in [1.29, 1.82) is 0 Å². The van der Waals surface area contributed by atoms with Crippen LogP contribution in [0.1, 0.15) is 31.1 Å². The molecule has 2 aromatic heterocycles. The molecule has 0 saturated carbocycles. The fourth-order valence-electron chi connectivity index (χ4n) is 3.45. The maximum Gasteiger partial charge on any atom is 0.239 e. The summed E-state index contributed by atoms with van der Waals surface area (Å²) in [5.74, 6) is 1.21. The Hall–Kier alpha value is -2.35. The third-order valence-corrected chi connectivity index (χ3v) is 4.87. The van der Waals surface area contributed by atoms with E-state index in [-0.39, 0.29) is 30.8 Å². The molecular formula is C17H20FN5O2. The van der Waals surface area contributed by atoms with Crippen LogP contribution in [0.2, 0.25) is 0 Å². The quantitative estimate of drug-likeness (QED) is 0.908. The van der Waals surface area contributed by atoms with Gasteiger partial charge in [-0.3, -0.25) is 9.78 Å². The monoisotopic (exact) mass is 345 g/mol. The van der Waals surface area contributed by atoms with Gasteiger partial charge >= 0.3 is 0 Å². The van der Waals surface area contributed by atoms with E-state index in [9.17, 15) is 9.18 Å². The van der Waals surface area contributed by atoms with Gasteiger partial charge in [0.15, 0.2) is 0 Å². The normalized spacial score (nSPS) is 24.6. The molecule has 0 aromatic carbocycles. The summed E-state index contributed by atoms with van der Waals surface area (Å²) in [6.45, 7) is 1.52. The van der Waals surface area contributed by atoms with Gasteiger partial charge < -0.3 is 14.7 Å². The molecule has 2 fully saturated rings. The van der Waals surface area contributed by atoms with Gasteiger partial charge in [0.25, 0.3) is 0 Å². The van der Waals surface area contributed by atoms with Crippen LogP contribution >= 0.6 is 0 Å². The highest BCUT2D eigenvalue weighted by molar-refractivity contribution is 5.82. The summed E-state index contributed by atoms with van der Waals surface area (Å²) in [6.07, 6.45) is 2.57. The second kappa shape index (κ2) is 6.87. The molecule has 4 heterocycles. The van der Waals surface area contributed by atoms with Gasteiger partial charge in [-0.05, 0) is 25.0 Å². The standard InChI is InChI=1S/C17H20FN5O2/c18-12-9-14(20-10-12)17(24)23-7-4-11(5-8-23)16-21-15(22-25-16)13-3-1-2-6-19-13/h1-3,6,11-12,14,20H,4-5,7-10H2/t12-,14+/m0/s1. The fraction of sp³-hybridized carbons (Fsp3) is 0.529. The number of piperidine rings is 1. The van der Waals surface area contributed by atoms with E-state index in [2.05, 4.69) is 20.4 Å². The molecule has 0 unspecified atom stereocenters. The van der Waals surface area contributed by atoms with Crippen molar-refractivity contribution < 1.29 is 13.7 Å². The average molecular weight is 345 g/mol. The SMILES string of the molecule is O=C([C@H]1C[C@H](F)CN1)N1CCC(c2nc(-c3ccccn3)no2)CC1. The number of amides is 1. The van der Waals surface area contributed by atoms with Crippen LogP contribution in [-0.2, 0) is 4.79 Å². The summed E-state index contributed by atoms with van der Waals surface area (Å²) in [5, 5.41) is 6.96. The number of nitrogens with one attached hydrogen (secondary N) is 1. The molecule has 25 heavy (non-hydrogen) atoms. The lowest BCUT2D eigenvalue weighted by Gasteiger charge is -2.32. The van der Waals surface area contributed by atoms with Crippen LogP contribution in [0.25, 0.3) is 11.5 Å². The molecule has 132 valence electrons. The van der Waals surface area contributed by atoms with Crippen molar-refractivity contribution >= 4 is 5.91 Å². The number of likely N-dealkylation sites (tertiary alicyclic amines) is 1. The number of halogens is 1. The smallest absolute Gasteiger partial charge is 0.239 e. The molecule has 2 aliphatic rings. The van der Waals surface area contributed by atoms with Gasteiger partial charge in [0.05, 0.1) is 6.04 Å². The van der Waals surface area contributed by atoms with Gasteiger partial charge in [-0.2, -0.15) is 4.98 Å². The van der Waals surface area contributed by atoms with Crippen LogP contribution in [-0.4, -0.2) is 57.8 Å². The van der Waals surface area contributed by atoms with Crippen LogP contribution in [0, 0.1) is 0 Å². The molecule has 1 amide bonds. The lowest BCUT2D eigenvalue weighted by atomic mass is 9.96. The van der Waals surface area contributed by atoms with Crippen LogP contribution in [0.5, 0.6) is 0 Å². The van der Waals surface area contributed by atoms with E-state index in [1.165, 1.54) is 0 Å². The van der Waals surface area contributed by atoms with Crippen molar-refractivity contribution in [2.45, 2.75) is 37.4 Å². The van der Waals surface area contributed by atoms with Gasteiger partial charge in [0.2, 0.25) is 17.6 Å². The summed E-state index contributed by atoms with van der Waals surface area (Å²) in [4.78, 5) is 22.9. The Morgan fingerprint density at radius 2 is 2.16 bits per heavy atom. The molecule has 2 aromatic rings. The molecular weight excluding hydrogens is 325 g/mol. The number of hydrogen-bond acceptors (Lipinski definition) is 6. The molecule has 8 heteroatoms. The summed E-state index contributed by atoms with van der Waals surface area (Å²) in [7, 11) is 0. The Bertz CT molecular complexity index is 730. The zero-order valence-corrected chi connectivity index (χ0v) is 13.8. The fourth-order valence-corrected chi connectivity index (χ4v) is 3.45. The lowest BCUT2D eigenvalue weighted by Crippen LogP contribution is -2.46. The van der Waals surface area contributed by atoms with Crippen LogP contribution in [0.15, 0.2) is 28.9 Å². The van der Waals surface area contributed by atoms with Crippen molar-refractivity contribution in [2.24, 2.45) is 0 Å². The first kappa shape index (κ1) is 16.1. The van der Waals surface area contributed by atoms with E-state index in [0.29, 0.717) is 30.5 Å². The highest BCUT2D eigenvalue weighted by Gasteiger charge is 2.35. The molecule has 1 N–H and O–H groups in total.